The molecule has 0 saturated heterocycles. The molecule has 1 atom stereocenters. The van der Waals surface area contributed by atoms with E-state index in [1.165, 1.54) is 12.1 Å². The zero-order valence-electron chi connectivity index (χ0n) is 20.2. The van der Waals surface area contributed by atoms with Crippen molar-refractivity contribution in [3.05, 3.63) is 53.6 Å². The molecule has 2 amide bonds. The molecule has 0 spiro atoms. The molecule has 6 N–H and O–H groups in total. The lowest BCUT2D eigenvalue weighted by Crippen LogP contribution is -2.44. The number of carbonyl (C=O) groups excluding carboxylic acids is 2. The van der Waals surface area contributed by atoms with Gasteiger partial charge in [-0.1, -0.05) is 6.07 Å². The van der Waals surface area contributed by atoms with Crippen LogP contribution in [0.5, 0.6) is 11.6 Å². The van der Waals surface area contributed by atoms with E-state index < -0.39 is 23.5 Å². The number of nitrogens with two attached hydrogens (primary N) is 1. The van der Waals surface area contributed by atoms with Crippen LogP contribution >= 0.6 is 0 Å². The molecule has 36 heavy (non-hydrogen) atoms. The van der Waals surface area contributed by atoms with Gasteiger partial charge in [0.2, 0.25) is 17.7 Å². The van der Waals surface area contributed by atoms with Gasteiger partial charge in [-0.05, 0) is 69.2 Å². The topological polar surface area (TPSA) is 177 Å². The number of carboxylic acids is 1. The molecule has 0 aliphatic rings. The van der Waals surface area contributed by atoms with Gasteiger partial charge in [-0.15, -0.1) is 0 Å². The van der Waals surface area contributed by atoms with Crippen LogP contribution < -0.4 is 21.1 Å². The third-order valence-corrected chi connectivity index (χ3v) is 5.06. The van der Waals surface area contributed by atoms with Crippen LogP contribution in [0.1, 0.15) is 49.5 Å². The van der Waals surface area contributed by atoms with Crippen LogP contribution in [0.4, 0.5) is 5.95 Å². The van der Waals surface area contributed by atoms with Crippen molar-refractivity contribution in [2.45, 2.75) is 51.8 Å². The Labute approximate surface area is 207 Å². The average molecular weight is 496 g/mol. The number of aliphatic carboxylic acids is 1. The second-order valence-corrected chi connectivity index (χ2v) is 9.27. The molecule has 3 aromatic rings. The lowest BCUT2D eigenvalue weighted by atomic mass is 10.1. The van der Waals surface area contributed by atoms with Crippen molar-refractivity contribution in [3.8, 4) is 11.6 Å². The number of aromatic hydroxyl groups is 1. The number of benzene rings is 2. The molecular formula is C25H29N5O6. The number of nitrogen functional groups attached to an aromatic ring is 1. The van der Waals surface area contributed by atoms with Crippen LogP contribution in [-0.4, -0.2) is 49.5 Å². The Morgan fingerprint density at radius 1 is 1.08 bits per heavy atom. The maximum Gasteiger partial charge on any atom is 0.326 e. The molecule has 0 bridgehead atoms. The number of hydrogen-bond donors (Lipinski definition) is 5. The van der Waals surface area contributed by atoms with Crippen molar-refractivity contribution in [1.29, 1.82) is 0 Å². The minimum absolute atomic E-state index is 0.0196. The van der Waals surface area contributed by atoms with Crippen molar-refractivity contribution in [2.75, 3.05) is 5.73 Å². The van der Waals surface area contributed by atoms with Gasteiger partial charge in [-0.3, -0.25) is 9.59 Å². The lowest BCUT2D eigenvalue weighted by molar-refractivity contribution is -0.139. The monoisotopic (exact) mass is 495 g/mol. The first-order valence-corrected chi connectivity index (χ1v) is 11.2. The number of hydrogen-bond acceptors (Lipinski definition) is 8. The van der Waals surface area contributed by atoms with Crippen LogP contribution in [0.15, 0.2) is 42.5 Å². The van der Waals surface area contributed by atoms with E-state index in [-0.39, 0.29) is 42.7 Å². The first-order valence-electron chi connectivity index (χ1n) is 11.2. The Bertz CT molecular complexity index is 1270. The van der Waals surface area contributed by atoms with Crippen molar-refractivity contribution in [2.24, 2.45) is 0 Å². The standard InChI is InChI=1S/C25H29N5O6/c1-25(2,3)30-20(31)11-10-19(23(34)35)27-21(32)15-5-7-16(8-6-15)36-13-14-4-9-18-17(12-14)22(33)29-24(26)28-18/h4-9,12,19H,10-11,13H2,1-3H3,(H,27,32)(H,30,31)(H,34,35)(H3,26,28,29,33)/t19-/m0/s1. The Hall–Kier alpha value is -4.41. The largest absolute Gasteiger partial charge is 0.493 e. The molecule has 1 heterocycles. The molecule has 0 aliphatic heterocycles. The van der Waals surface area contributed by atoms with Crippen molar-refractivity contribution in [1.82, 2.24) is 20.6 Å². The molecule has 0 saturated carbocycles. The van der Waals surface area contributed by atoms with Gasteiger partial charge in [-0.2, -0.15) is 4.98 Å². The zero-order chi connectivity index (χ0) is 26.5. The number of nitrogens with zero attached hydrogens (tertiary/aromatic N) is 2. The zero-order valence-corrected chi connectivity index (χ0v) is 20.2. The first-order chi connectivity index (χ1) is 16.9. The Balaban J connectivity index is 1.57. The summed E-state index contributed by atoms with van der Waals surface area (Å²) >= 11 is 0. The second kappa shape index (κ2) is 10.9. The third-order valence-electron chi connectivity index (χ3n) is 5.06. The fraction of sp³-hybridized carbons (Fsp3) is 0.320. The summed E-state index contributed by atoms with van der Waals surface area (Å²) in [6.45, 7) is 5.66. The predicted molar refractivity (Wildman–Crippen MR) is 132 cm³/mol. The highest BCUT2D eigenvalue weighted by molar-refractivity contribution is 5.96. The first kappa shape index (κ1) is 26.2. The number of nitrogens with one attached hydrogen (secondary N) is 2. The minimum atomic E-state index is -1.22. The Morgan fingerprint density at radius 3 is 2.42 bits per heavy atom. The van der Waals surface area contributed by atoms with Gasteiger partial charge in [0.1, 0.15) is 18.4 Å². The number of amides is 2. The third kappa shape index (κ3) is 7.29. The molecule has 11 heteroatoms. The summed E-state index contributed by atoms with van der Waals surface area (Å²) in [4.78, 5) is 43.9. The smallest absolute Gasteiger partial charge is 0.326 e. The van der Waals surface area contributed by atoms with Crippen molar-refractivity contribution < 1.29 is 29.3 Å². The normalized spacial score (nSPS) is 12.1. The maximum atomic E-state index is 12.5. The molecule has 190 valence electrons. The molecule has 3 rings (SSSR count). The summed E-state index contributed by atoms with van der Waals surface area (Å²) < 4.78 is 5.75. The van der Waals surface area contributed by atoms with E-state index in [2.05, 4.69) is 20.6 Å². The number of rotatable bonds is 9. The average Bonchev–Trinajstić information content (AvgIpc) is 2.79. The predicted octanol–water partition coefficient (Wildman–Crippen LogP) is 2.37. The maximum absolute atomic E-state index is 12.5. The van der Waals surface area contributed by atoms with Gasteiger partial charge in [0.25, 0.3) is 5.91 Å². The molecular weight excluding hydrogens is 466 g/mol. The van der Waals surface area contributed by atoms with Crippen LogP contribution in [0, 0.1) is 0 Å². The van der Waals surface area contributed by atoms with E-state index in [0.29, 0.717) is 16.7 Å². The van der Waals surface area contributed by atoms with E-state index in [4.69, 9.17) is 10.5 Å². The van der Waals surface area contributed by atoms with E-state index >= 15 is 0 Å². The highest BCUT2D eigenvalue weighted by atomic mass is 16.5. The number of ether oxygens (including phenoxy) is 1. The number of fused-ring (bicyclic) bond motifs is 1. The van der Waals surface area contributed by atoms with Crippen LogP contribution in [0.3, 0.4) is 0 Å². The molecule has 1 aromatic heterocycles. The summed E-state index contributed by atoms with van der Waals surface area (Å²) in [7, 11) is 0. The summed E-state index contributed by atoms with van der Waals surface area (Å²) in [6, 6.07) is 10.2. The highest BCUT2D eigenvalue weighted by Gasteiger charge is 2.23. The lowest BCUT2D eigenvalue weighted by Gasteiger charge is -2.21. The van der Waals surface area contributed by atoms with E-state index in [0.717, 1.165) is 5.56 Å². The quantitative estimate of drug-likeness (QED) is 0.298. The molecule has 2 aromatic carbocycles. The van der Waals surface area contributed by atoms with Crippen LogP contribution in [0.2, 0.25) is 0 Å². The summed E-state index contributed by atoms with van der Waals surface area (Å²) in [5, 5.41) is 25.1. The van der Waals surface area contributed by atoms with Crippen LogP contribution in [0.25, 0.3) is 10.9 Å². The Morgan fingerprint density at radius 2 is 1.78 bits per heavy atom. The summed E-state index contributed by atoms with van der Waals surface area (Å²) in [5.41, 5.74) is 6.62. The molecule has 0 unspecified atom stereocenters. The minimum Gasteiger partial charge on any atom is -0.493 e. The van der Waals surface area contributed by atoms with E-state index in [1.54, 1.807) is 30.3 Å². The van der Waals surface area contributed by atoms with Gasteiger partial charge >= 0.3 is 5.97 Å². The second-order valence-electron chi connectivity index (χ2n) is 9.27. The summed E-state index contributed by atoms with van der Waals surface area (Å²) in [6.07, 6.45) is -0.0729. The van der Waals surface area contributed by atoms with Crippen molar-refractivity contribution in [3.63, 3.8) is 0 Å². The van der Waals surface area contributed by atoms with Gasteiger partial charge in [0.05, 0.1) is 10.9 Å². The number of carboxylic acid groups (broad SMARTS) is 1. The van der Waals surface area contributed by atoms with Gasteiger partial charge in [-0.25, -0.2) is 9.78 Å². The number of carbonyl (C=O) groups is 3. The fourth-order valence-electron chi connectivity index (χ4n) is 3.39. The van der Waals surface area contributed by atoms with Crippen molar-refractivity contribution >= 4 is 34.6 Å². The Kier molecular flexibility index (Phi) is 7.93. The molecule has 11 nitrogen and oxygen atoms in total. The van der Waals surface area contributed by atoms with Gasteiger partial charge in [0.15, 0.2) is 0 Å². The molecule has 0 aliphatic carbocycles. The fourth-order valence-corrected chi connectivity index (χ4v) is 3.39. The number of anilines is 1. The molecule has 0 radical (unpaired) electrons. The molecule has 0 fully saturated rings. The van der Waals surface area contributed by atoms with Crippen LogP contribution in [-0.2, 0) is 16.2 Å². The highest BCUT2D eigenvalue weighted by Crippen LogP contribution is 2.24. The van der Waals surface area contributed by atoms with Gasteiger partial charge in [0, 0.05) is 17.5 Å². The van der Waals surface area contributed by atoms with E-state index in [9.17, 15) is 24.6 Å². The number of aromatic nitrogens is 2. The summed E-state index contributed by atoms with van der Waals surface area (Å²) in [5.74, 6) is -1.84. The van der Waals surface area contributed by atoms with E-state index in [1.807, 2.05) is 20.8 Å². The van der Waals surface area contributed by atoms with Gasteiger partial charge < -0.3 is 31.3 Å². The SMILES string of the molecule is CC(C)(C)NC(=O)CC[C@H](NC(=O)c1ccc(OCc2ccc3nc(N)nc(O)c3c2)cc1)C(=O)O.